The van der Waals surface area contributed by atoms with E-state index in [1.807, 2.05) is 47.6 Å². The number of nitrogens with two attached hydrogens (primary N) is 1. The molecule has 3 aliphatic heterocycles. The lowest BCUT2D eigenvalue weighted by atomic mass is 9.78. The quantitative estimate of drug-likeness (QED) is 0.215. The van der Waals surface area contributed by atoms with Crippen LogP contribution < -0.4 is 5.73 Å². The average Bonchev–Trinajstić information content (AvgIpc) is 3.79. The molecular weight excluding hydrogens is 717 g/mol. The number of benzene rings is 1. The van der Waals surface area contributed by atoms with Gasteiger partial charge in [-0.25, -0.2) is 9.18 Å². The molecule has 53 heavy (non-hydrogen) atoms. The van der Waals surface area contributed by atoms with Crippen molar-refractivity contribution in [2.75, 3.05) is 26.3 Å². The Bertz CT molecular complexity index is 1700. The Balaban J connectivity index is 0.000000390. The number of likely N-dealkylation sites (tertiary alicyclic amines) is 2. The van der Waals surface area contributed by atoms with Crippen LogP contribution in [0.4, 0.5) is 30.7 Å². The molecular formula is C36H43F7N4O6. The van der Waals surface area contributed by atoms with Crippen molar-refractivity contribution in [3.05, 3.63) is 35.5 Å². The molecule has 1 amide bonds. The maximum absolute atomic E-state index is 14.1. The molecule has 1 aromatic heterocycles. The SMILES string of the molecule is CC1(C)OC(=O)c2cc3cc(CC(=O)[C@@H]4[C@H](N5CCCCC5)CCN4C(=O)C4CCC([C@H](N)CF)CC4)ccc3n21.O=C(C(=O)C(F)(F)F)C(F)(F)F. The zero-order valence-electron chi connectivity index (χ0n) is 29.4. The first kappa shape index (κ1) is 40.3. The number of hydrogen-bond acceptors (Lipinski definition) is 8. The molecule has 1 saturated carbocycles. The second-order valence-corrected chi connectivity index (χ2v) is 14.8. The summed E-state index contributed by atoms with van der Waals surface area (Å²) in [5.41, 5.74) is 7.51. The summed E-state index contributed by atoms with van der Waals surface area (Å²) < 4.78 is 87.5. The maximum Gasteiger partial charge on any atom is 0.458 e. The van der Waals surface area contributed by atoms with Crippen molar-refractivity contribution < 1.29 is 59.4 Å². The van der Waals surface area contributed by atoms with Gasteiger partial charge in [0.1, 0.15) is 18.4 Å². The highest BCUT2D eigenvalue weighted by atomic mass is 19.4. The van der Waals surface area contributed by atoms with E-state index in [9.17, 15) is 54.7 Å². The van der Waals surface area contributed by atoms with E-state index in [1.165, 1.54) is 6.42 Å². The predicted octanol–water partition coefficient (Wildman–Crippen LogP) is 5.42. The highest BCUT2D eigenvalue weighted by Gasteiger charge is 2.54. The van der Waals surface area contributed by atoms with Crippen LogP contribution >= 0.6 is 0 Å². The fourth-order valence-corrected chi connectivity index (χ4v) is 8.19. The van der Waals surface area contributed by atoms with Gasteiger partial charge >= 0.3 is 29.9 Å². The predicted molar refractivity (Wildman–Crippen MR) is 176 cm³/mol. The molecule has 0 radical (unpaired) electrons. The largest absolute Gasteiger partial charge is 0.458 e. The van der Waals surface area contributed by atoms with Crippen molar-refractivity contribution in [3.63, 3.8) is 0 Å². The first-order chi connectivity index (χ1) is 24.7. The number of carbonyl (C=O) groups excluding carboxylic acids is 5. The third-order valence-corrected chi connectivity index (χ3v) is 10.8. The molecule has 4 heterocycles. The molecule has 4 aliphatic rings. The van der Waals surface area contributed by atoms with Crippen molar-refractivity contribution in [2.24, 2.45) is 17.6 Å². The Morgan fingerprint density at radius 3 is 2.06 bits per heavy atom. The Kier molecular flexibility index (Phi) is 11.8. The van der Waals surface area contributed by atoms with Crippen molar-refractivity contribution in [3.8, 4) is 0 Å². The number of ether oxygens (including phenoxy) is 1. The number of fused-ring (bicyclic) bond motifs is 3. The number of carbonyl (C=O) groups is 5. The number of ketones is 3. The van der Waals surface area contributed by atoms with Crippen molar-refractivity contribution >= 4 is 40.1 Å². The van der Waals surface area contributed by atoms with E-state index in [2.05, 4.69) is 4.90 Å². The summed E-state index contributed by atoms with van der Waals surface area (Å²) in [5, 5.41) is 0.908. The fraction of sp³-hybridized carbons (Fsp3) is 0.639. The zero-order valence-corrected chi connectivity index (χ0v) is 29.4. The van der Waals surface area contributed by atoms with Crippen molar-refractivity contribution in [2.45, 2.75) is 108 Å². The molecule has 1 aromatic carbocycles. The number of nitrogens with zero attached hydrogens (tertiary/aromatic N) is 3. The van der Waals surface area contributed by atoms with Gasteiger partial charge in [-0.15, -0.1) is 0 Å². The van der Waals surface area contributed by atoms with Gasteiger partial charge in [0.2, 0.25) is 5.91 Å². The van der Waals surface area contributed by atoms with E-state index in [-0.39, 0.29) is 42.0 Å². The van der Waals surface area contributed by atoms with Gasteiger partial charge in [0, 0.05) is 36.4 Å². The molecule has 1 aliphatic carbocycles. The molecule has 2 saturated heterocycles. The second-order valence-electron chi connectivity index (χ2n) is 14.8. The first-order valence-corrected chi connectivity index (χ1v) is 17.7. The van der Waals surface area contributed by atoms with Gasteiger partial charge in [0.15, 0.2) is 11.5 Å². The molecule has 0 bridgehead atoms. The van der Waals surface area contributed by atoms with Gasteiger partial charge in [0.05, 0.1) is 5.52 Å². The fourth-order valence-electron chi connectivity index (χ4n) is 8.19. The van der Waals surface area contributed by atoms with Crippen LogP contribution in [0.5, 0.6) is 0 Å². The molecule has 3 fully saturated rings. The maximum atomic E-state index is 14.1. The summed E-state index contributed by atoms with van der Waals surface area (Å²) in [7, 11) is 0. The third-order valence-electron chi connectivity index (χ3n) is 10.8. The molecule has 17 heteroatoms. The third kappa shape index (κ3) is 8.60. The number of halogens is 7. The van der Waals surface area contributed by atoms with Gasteiger partial charge in [-0.1, -0.05) is 12.5 Å². The van der Waals surface area contributed by atoms with E-state index in [0.29, 0.717) is 25.1 Å². The Hall–Kier alpha value is -3.86. The average molecular weight is 761 g/mol. The van der Waals surface area contributed by atoms with E-state index in [4.69, 9.17) is 10.5 Å². The summed E-state index contributed by atoms with van der Waals surface area (Å²) in [6.45, 7) is 5.75. The number of Topliss-reactive ketones (excluding diaryl/α,β-unsaturated/α-hetero) is 3. The number of esters is 1. The standard InChI is InChI=1S/C32H43FN4O4.C4F6O2/c1-32(2)37-25-11-6-20(16-23(25)18-27(37)31(40)41-32)17-28(38)29-26(35-13-4-3-5-14-35)12-15-36(29)30(39)22-9-7-21(8-10-22)24(34)19-33;5-3(6,7)1(11)2(12)4(8,9)10/h6,11,16,18,21-22,24,26,29H,3-5,7-10,12-15,17,19,34H2,1-2H3;/t21?,22?,24-,26-,29+;/m1./s1. The van der Waals surface area contributed by atoms with Gasteiger partial charge in [0.25, 0.3) is 0 Å². The lowest BCUT2D eigenvalue weighted by Gasteiger charge is -2.38. The van der Waals surface area contributed by atoms with Crippen LogP contribution in [0.3, 0.4) is 0 Å². The Morgan fingerprint density at radius 1 is 0.887 bits per heavy atom. The molecule has 2 N–H and O–H groups in total. The number of alkyl halides is 7. The van der Waals surface area contributed by atoms with E-state index >= 15 is 0 Å². The normalized spacial score (nSPS) is 25.3. The van der Waals surface area contributed by atoms with Gasteiger partial charge in [-0.3, -0.25) is 28.6 Å². The van der Waals surface area contributed by atoms with Crippen LogP contribution in [0.1, 0.15) is 81.3 Å². The smallest absolute Gasteiger partial charge is 0.434 e. The van der Waals surface area contributed by atoms with Crippen molar-refractivity contribution in [1.82, 2.24) is 14.4 Å². The molecule has 0 spiro atoms. The number of rotatable bonds is 8. The van der Waals surface area contributed by atoms with Gasteiger partial charge in [-0.05, 0) is 102 Å². The van der Waals surface area contributed by atoms with Crippen molar-refractivity contribution in [1.29, 1.82) is 0 Å². The number of aromatic nitrogens is 1. The molecule has 292 valence electrons. The lowest BCUT2D eigenvalue weighted by molar-refractivity contribution is -0.193. The van der Waals surface area contributed by atoms with Crippen LogP contribution in [0.15, 0.2) is 24.3 Å². The number of cyclic esters (lactones) is 1. The summed E-state index contributed by atoms with van der Waals surface area (Å²) in [5.74, 6) is -7.00. The zero-order chi connectivity index (χ0) is 39.0. The van der Waals surface area contributed by atoms with Crippen LogP contribution in [0.2, 0.25) is 0 Å². The summed E-state index contributed by atoms with van der Waals surface area (Å²) in [6.07, 6.45) is -4.10. The molecule has 3 atom stereocenters. The molecule has 2 aromatic rings. The van der Waals surface area contributed by atoms with Gasteiger partial charge < -0.3 is 15.4 Å². The molecule has 10 nitrogen and oxygen atoms in total. The van der Waals surface area contributed by atoms with E-state index in [0.717, 1.165) is 61.7 Å². The number of hydrogen-bond donors (Lipinski definition) is 1. The monoisotopic (exact) mass is 760 g/mol. The van der Waals surface area contributed by atoms with Gasteiger partial charge in [-0.2, -0.15) is 26.3 Å². The molecule has 0 unspecified atom stereocenters. The van der Waals surface area contributed by atoms with E-state index in [1.54, 1.807) is 0 Å². The lowest BCUT2D eigenvalue weighted by Crippen LogP contribution is -2.54. The second kappa shape index (κ2) is 15.5. The Morgan fingerprint density at radius 2 is 1.49 bits per heavy atom. The van der Waals surface area contributed by atoms with E-state index < -0.39 is 48.4 Å². The number of piperidine rings is 1. The Labute approximate surface area is 301 Å². The number of amides is 1. The van der Waals surface area contributed by atoms with Crippen LogP contribution in [-0.4, -0.2) is 100 Å². The summed E-state index contributed by atoms with van der Waals surface area (Å²) in [6, 6.07) is 6.88. The minimum atomic E-state index is -5.77. The van der Waals surface area contributed by atoms with Crippen LogP contribution in [0, 0.1) is 11.8 Å². The van der Waals surface area contributed by atoms with Crippen LogP contribution in [-0.2, 0) is 36.1 Å². The minimum Gasteiger partial charge on any atom is -0.434 e. The summed E-state index contributed by atoms with van der Waals surface area (Å²) >= 11 is 0. The molecule has 6 rings (SSSR count). The topological polar surface area (TPSA) is 132 Å². The highest BCUT2D eigenvalue weighted by Crippen LogP contribution is 2.37. The van der Waals surface area contributed by atoms with Crippen LogP contribution in [0.25, 0.3) is 10.9 Å². The summed E-state index contributed by atoms with van der Waals surface area (Å²) in [4.78, 5) is 64.0. The highest BCUT2D eigenvalue weighted by molar-refractivity contribution is 6.41. The first-order valence-electron chi connectivity index (χ1n) is 17.7. The minimum absolute atomic E-state index is 0.0423.